The van der Waals surface area contributed by atoms with Crippen molar-refractivity contribution in [2.75, 3.05) is 22.4 Å². The zero-order valence-electron chi connectivity index (χ0n) is 19.6. The molecule has 0 aromatic heterocycles. The van der Waals surface area contributed by atoms with Crippen LogP contribution in [-0.2, 0) is 21.0 Å². The summed E-state index contributed by atoms with van der Waals surface area (Å²) in [5.41, 5.74) is 1.23. The second-order valence-corrected chi connectivity index (χ2v) is 11.5. The monoisotopic (exact) mass is 583 g/mol. The van der Waals surface area contributed by atoms with E-state index in [1.165, 1.54) is 30.5 Å². The molecule has 0 saturated carbocycles. The first kappa shape index (κ1) is 27.8. The van der Waals surface area contributed by atoms with Gasteiger partial charge in [-0.1, -0.05) is 41.9 Å². The minimum Gasteiger partial charge on any atom is -0.489 e. The van der Waals surface area contributed by atoms with Crippen molar-refractivity contribution in [1.29, 1.82) is 0 Å². The highest BCUT2D eigenvalue weighted by Gasteiger charge is 2.35. The molecular formula is C25H21ClF3N3O4S2. The number of ether oxygens (including phenoxy) is 1. The Balaban J connectivity index is 1.55. The fraction of sp³-hybridized carbons (Fsp3) is 0.200. The molecule has 1 aliphatic rings. The number of sulfonamides is 1. The van der Waals surface area contributed by atoms with Gasteiger partial charge in [0.05, 0.1) is 27.4 Å². The summed E-state index contributed by atoms with van der Waals surface area (Å²) in [6, 6.07) is 16.7. The molecule has 1 heterocycles. The number of nitrogens with zero attached hydrogens (tertiary/aromatic N) is 2. The number of rotatable bonds is 9. The average Bonchev–Trinajstić information content (AvgIpc) is 2.85. The van der Waals surface area contributed by atoms with Crippen LogP contribution in [0.2, 0.25) is 5.02 Å². The van der Waals surface area contributed by atoms with Gasteiger partial charge in [-0.05, 0) is 48.0 Å². The quantitative estimate of drug-likeness (QED) is 0.276. The van der Waals surface area contributed by atoms with Crippen LogP contribution in [0.25, 0.3) is 0 Å². The second-order valence-electron chi connectivity index (χ2n) is 8.13. The van der Waals surface area contributed by atoms with Gasteiger partial charge in [0.25, 0.3) is 15.9 Å². The summed E-state index contributed by atoms with van der Waals surface area (Å²) in [5, 5.41) is 3.26. The smallest absolute Gasteiger partial charge is 0.417 e. The minimum absolute atomic E-state index is 0.148. The van der Waals surface area contributed by atoms with E-state index in [0.29, 0.717) is 21.7 Å². The van der Waals surface area contributed by atoms with E-state index in [1.807, 2.05) is 0 Å². The summed E-state index contributed by atoms with van der Waals surface area (Å²) in [4.78, 5) is 12.5. The third-order valence-electron chi connectivity index (χ3n) is 5.33. The maximum atomic E-state index is 13.5. The summed E-state index contributed by atoms with van der Waals surface area (Å²) in [5.74, 6) is 1.60. The normalized spacial score (nSPS) is 14.2. The van der Waals surface area contributed by atoms with E-state index in [-0.39, 0.29) is 16.7 Å². The molecule has 1 N–H and O–H groups in total. The third-order valence-corrected chi connectivity index (χ3v) is 8.67. The molecule has 7 nitrogen and oxygen atoms in total. The molecule has 1 aliphatic heterocycles. The van der Waals surface area contributed by atoms with Crippen LogP contribution < -0.4 is 14.5 Å². The van der Waals surface area contributed by atoms with Crippen LogP contribution in [0.4, 0.5) is 18.9 Å². The molecule has 200 valence electrons. The van der Waals surface area contributed by atoms with Gasteiger partial charge in [0.1, 0.15) is 18.4 Å². The van der Waals surface area contributed by atoms with Crippen molar-refractivity contribution in [3.63, 3.8) is 0 Å². The van der Waals surface area contributed by atoms with Crippen LogP contribution >= 0.6 is 23.4 Å². The van der Waals surface area contributed by atoms with E-state index in [9.17, 15) is 26.4 Å². The van der Waals surface area contributed by atoms with Gasteiger partial charge < -0.3 is 4.74 Å². The predicted molar refractivity (Wildman–Crippen MR) is 141 cm³/mol. The Morgan fingerprint density at radius 3 is 2.50 bits per heavy atom. The van der Waals surface area contributed by atoms with Crippen LogP contribution in [0.15, 0.2) is 82.8 Å². The van der Waals surface area contributed by atoms with E-state index in [2.05, 4.69) is 10.5 Å². The Morgan fingerprint density at radius 2 is 1.84 bits per heavy atom. The number of hydrazone groups is 1. The van der Waals surface area contributed by atoms with E-state index >= 15 is 0 Å². The summed E-state index contributed by atoms with van der Waals surface area (Å²) < 4.78 is 73.5. The highest BCUT2D eigenvalue weighted by Crippen LogP contribution is 2.38. The van der Waals surface area contributed by atoms with Crippen molar-refractivity contribution in [3.8, 4) is 5.75 Å². The van der Waals surface area contributed by atoms with Crippen molar-refractivity contribution in [2.45, 2.75) is 17.2 Å². The molecular weight excluding hydrogens is 563 g/mol. The Hall–Kier alpha value is -3.22. The number of hydrogen-bond donors (Lipinski definition) is 1. The molecule has 1 saturated heterocycles. The molecule has 4 rings (SSSR count). The molecule has 3 aromatic carbocycles. The van der Waals surface area contributed by atoms with Crippen molar-refractivity contribution in [3.05, 3.63) is 88.9 Å². The highest BCUT2D eigenvalue weighted by molar-refractivity contribution is 8.00. The van der Waals surface area contributed by atoms with Gasteiger partial charge in [-0.3, -0.25) is 9.10 Å². The first-order valence-electron chi connectivity index (χ1n) is 11.1. The van der Waals surface area contributed by atoms with Crippen LogP contribution in [0.5, 0.6) is 5.75 Å². The molecule has 0 aliphatic carbocycles. The highest BCUT2D eigenvalue weighted by atomic mass is 35.5. The number of nitrogens with one attached hydrogen (secondary N) is 1. The molecule has 13 heteroatoms. The molecule has 38 heavy (non-hydrogen) atoms. The molecule has 0 radical (unpaired) electrons. The topological polar surface area (TPSA) is 88.1 Å². The van der Waals surface area contributed by atoms with Gasteiger partial charge in [-0.2, -0.15) is 30.0 Å². The molecule has 1 amide bonds. The Morgan fingerprint density at radius 1 is 1.11 bits per heavy atom. The van der Waals surface area contributed by atoms with Gasteiger partial charge in [0, 0.05) is 11.5 Å². The number of halogens is 4. The van der Waals surface area contributed by atoms with Gasteiger partial charge in [-0.15, -0.1) is 0 Å². The molecule has 3 aromatic rings. The fourth-order valence-electron chi connectivity index (χ4n) is 3.41. The lowest BCUT2D eigenvalue weighted by molar-refractivity contribution is -0.137. The number of alkyl halides is 3. The van der Waals surface area contributed by atoms with Crippen molar-refractivity contribution in [1.82, 2.24) is 5.43 Å². The lowest BCUT2D eigenvalue weighted by atomic mass is 10.2. The maximum absolute atomic E-state index is 13.5. The van der Waals surface area contributed by atoms with Gasteiger partial charge in [0.2, 0.25) is 0 Å². The second kappa shape index (κ2) is 11.7. The van der Waals surface area contributed by atoms with E-state index in [4.69, 9.17) is 16.3 Å². The number of amides is 1. The summed E-state index contributed by atoms with van der Waals surface area (Å²) in [7, 11) is -4.42. The summed E-state index contributed by atoms with van der Waals surface area (Å²) in [6.07, 6.45) is -3.34. The number of carbonyl (C=O) groups excluding carboxylic acids is 1. The zero-order chi connectivity index (χ0) is 27.3. The predicted octanol–water partition coefficient (Wildman–Crippen LogP) is 5.20. The van der Waals surface area contributed by atoms with Crippen molar-refractivity contribution in [2.24, 2.45) is 5.10 Å². The van der Waals surface area contributed by atoms with Crippen LogP contribution in [0, 0.1) is 0 Å². The number of thioether (sulfide) groups is 1. The number of carbonyl (C=O) groups is 1. The molecule has 0 unspecified atom stereocenters. The van der Waals surface area contributed by atoms with E-state index < -0.39 is 39.2 Å². The fourth-order valence-corrected chi connectivity index (χ4v) is 5.63. The first-order chi connectivity index (χ1) is 18.0. The molecule has 0 atom stereocenters. The SMILES string of the molecule is O=C(CN(c1ccc(Cl)c(C(F)(F)F)c1)S(=O)(=O)c1ccccc1)N/N=C/c1cccc(OC2CSC2)c1. The maximum Gasteiger partial charge on any atom is 0.417 e. The van der Waals surface area contributed by atoms with Gasteiger partial charge in [0.15, 0.2) is 0 Å². The molecule has 0 spiro atoms. The lowest BCUT2D eigenvalue weighted by Crippen LogP contribution is -2.39. The molecule has 1 fully saturated rings. The number of anilines is 1. The first-order valence-corrected chi connectivity index (χ1v) is 14.1. The van der Waals surface area contributed by atoms with Crippen LogP contribution in [0.3, 0.4) is 0 Å². The van der Waals surface area contributed by atoms with E-state index in [0.717, 1.165) is 23.6 Å². The summed E-state index contributed by atoms with van der Waals surface area (Å²) in [6.45, 7) is -0.837. The van der Waals surface area contributed by atoms with Crippen molar-refractivity contribution < 1.29 is 31.1 Å². The molecule has 0 bridgehead atoms. The third kappa shape index (κ3) is 6.80. The number of benzene rings is 3. The van der Waals surface area contributed by atoms with Crippen molar-refractivity contribution >= 4 is 51.2 Å². The summed E-state index contributed by atoms with van der Waals surface area (Å²) >= 11 is 7.49. The van der Waals surface area contributed by atoms with Gasteiger partial charge >= 0.3 is 6.18 Å². The number of hydrogen-bond acceptors (Lipinski definition) is 6. The average molecular weight is 584 g/mol. The Bertz CT molecular complexity index is 1430. The zero-order valence-corrected chi connectivity index (χ0v) is 21.9. The van der Waals surface area contributed by atoms with Gasteiger partial charge in [-0.25, -0.2) is 13.8 Å². The largest absolute Gasteiger partial charge is 0.489 e. The van der Waals surface area contributed by atoms with Crippen LogP contribution in [0.1, 0.15) is 11.1 Å². The Kier molecular flexibility index (Phi) is 8.54. The van der Waals surface area contributed by atoms with Crippen LogP contribution in [-0.4, -0.2) is 44.7 Å². The Labute approximate surface area is 226 Å². The lowest BCUT2D eigenvalue weighted by Gasteiger charge is -2.25. The minimum atomic E-state index is -4.84. The standard InChI is InChI=1S/C25H21ClF3N3O4S2/c26-23-10-9-18(12-22(23)25(27,28)29)32(38(34,35)21-7-2-1-3-8-21)14-24(33)31-30-13-17-5-4-6-19(11-17)36-20-15-37-16-20/h1-13,20H,14-16H2,(H,31,33)/b30-13+. The van der Waals surface area contributed by atoms with E-state index in [1.54, 1.807) is 42.1 Å².